The number of rotatable bonds is 5. The molecule has 25 heavy (non-hydrogen) atoms. The summed E-state index contributed by atoms with van der Waals surface area (Å²) < 4.78 is 4.74. The molecule has 0 aliphatic carbocycles. The summed E-state index contributed by atoms with van der Waals surface area (Å²) in [5, 5.41) is 5.81. The average Bonchev–Trinajstić information content (AvgIpc) is 2.59. The Morgan fingerprint density at radius 1 is 1.00 bits per heavy atom. The SMILES string of the molecule is COC(=O)c1ccccc1NCC(=O)Nc1ccc(C(C)(C)C)cc1. The van der Waals surface area contributed by atoms with Crippen LogP contribution in [-0.2, 0) is 14.9 Å². The fourth-order valence-corrected chi connectivity index (χ4v) is 2.36. The van der Waals surface area contributed by atoms with Gasteiger partial charge in [0.1, 0.15) is 0 Å². The molecule has 2 N–H and O–H groups in total. The van der Waals surface area contributed by atoms with Crippen LogP contribution in [0.3, 0.4) is 0 Å². The minimum absolute atomic E-state index is 0.0506. The summed E-state index contributed by atoms with van der Waals surface area (Å²) in [4.78, 5) is 23.8. The van der Waals surface area contributed by atoms with Gasteiger partial charge in [-0.1, -0.05) is 45.0 Å². The maximum Gasteiger partial charge on any atom is 0.339 e. The first-order chi connectivity index (χ1) is 11.8. The van der Waals surface area contributed by atoms with Gasteiger partial charge in [-0.05, 0) is 35.2 Å². The highest BCUT2D eigenvalue weighted by molar-refractivity contribution is 5.98. The number of hydrogen-bond donors (Lipinski definition) is 2. The van der Waals surface area contributed by atoms with Crippen LogP contribution in [-0.4, -0.2) is 25.5 Å². The number of para-hydroxylation sites is 1. The molecule has 2 aromatic rings. The highest BCUT2D eigenvalue weighted by Crippen LogP contribution is 2.23. The number of methoxy groups -OCH3 is 1. The van der Waals surface area contributed by atoms with Gasteiger partial charge in [0.25, 0.3) is 0 Å². The molecule has 0 atom stereocenters. The van der Waals surface area contributed by atoms with Crippen LogP contribution < -0.4 is 10.6 Å². The molecule has 0 fully saturated rings. The van der Waals surface area contributed by atoms with Gasteiger partial charge < -0.3 is 15.4 Å². The summed E-state index contributed by atoms with van der Waals surface area (Å²) in [5.41, 5.74) is 2.97. The summed E-state index contributed by atoms with van der Waals surface area (Å²) in [6.07, 6.45) is 0. The van der Waals surface area contributed by atoms with E-state index in [1.807, 2.05) is 24.3 Å². The van der Waals surface area contributed by atoms with Crippen LogP contribution >= 0.6 is 0 Å². The van der Waals surface area contributed by atoms with E-state index in [2.05, 4.69) is 31.4 Å². The molecule has 0 aromatic heterocycles. The Morgan fingerprint density at radius 3 is 2.24 bits per heavy atom. The van der Waals surface area contributed by atoms with Crippen molar-refractivity contribution in [3.8, 4) is 0 Å². The lowest BCUT2D eigenvalue weighted by atomic mass is 9.87. The highest BCUT2D eigenvalue weighted by Gasteiger charge is 2.14. The van der Waals surface area contributed by atoms with Crippen molar-refractivity contribution in [1.82, 2.24) is 0 Å². The van der Waals surface area contributed by atoms with Crippen molar-refractivity contribution in [1.29, 1.82) is 0 Å². The van der Waals surface area contributed by atoms with Crippen LogP contribution in [0, 0.1) is 0 Å². The maximum absolute atomic E-state index is 12.1. The summed E-state index contributed by atoms with van der Waals surface area (Å²) in [7, 11) is 1.33. The van der Waals surface area contributed by atoms with E-state index >= 15 is 0 Å². The Kier molecular flexibility index (Phi) is 5.80. The number of carbonyl (C=O) groups excluding carboxylic acids is 2. The molecule has 0 heterocycles. The standard InChI is InChI=1S/C20H24N2O3/c1-20(2,3)14-9-11-15(12-10-14)22-18(23)13-21-17-8-6-5-7-16(17)19(24)25-4/h5-12,21H,13H2,1-4H3,(H,22,23). The van der Waals surface area contributed by atoms with E-state index in [0.29, 0.717) is 11.3 Å². The van der Waals surface area contributed by atoms with Crippen molar-refractivity contribution in [2.75, 3.05) is 24.3 Å². The fraction of sp³-hybridized carbons (Fsp3) is 0.300. The van der Waals surface area contributed by atoms with Crippen LogP contribution in [0.4, 0.5) is 11.4 Å². The number of nitrogens with one attached hydrogen (secondary N) is 2. The largest absolute Gasteiger partial charge is 0.465 e. The molecular weight excluding hydrogens is 316 g/mol. The van der Waals surface area contributed by atoms with Gasteiger partial charge in [-0.25, -0.2) is 4.79 Å². The molecule has 0 saturated heterocycles. The van der Waals surface area contributed by atoms with Gasteiger partial charge in [-0.3, -0.25) is 4.79 Å². The minimum atomic E-state index is -0.443. The lowest BCUT2D eigenvalue weighted by Crippen LogP contribution is -2.22. The van der Waals surface area contributed by atoms with Gasteiger partial charge >= 0.3 is 5.97 Å². The van der Waals surface area contributed by atoms with Crippen LogP contribution in [0.5, 0.6) is 0 Å². The number of benzene rings is 2. The number of esters is 1. The average molecular weight is 340 g/mol. The summed E-state index contributed by atoms with van der Waals surface area (Å²) in [6, 6.07) is 14.7. The summed E-state index contributed by atoms with van der Waals surface area (Å²) >= 11 is 0. The second-order valence-corrected chi connectivity index (χ2v) is 6.77. The molecule has 0 aliphatic rings. The van der Waals surface area contributed by atoms with Crippen LogP contribution in [0.15, 0.2) is 48.5 Å². The topological polar surface area (TPSA) is 67.4 Å². The monoisotopic (exact) mass is 340 g/mol. The molecule has 5 nitrogen and oxygen atoms in total. The smallest absolute Gasteiger partial charge is 0.339 e. The van der Waals surface area contributed by atoms with E-state index in [-0.39, 0.29) is 17.9 Å². The zero-order valence-electron chi connectivity index (χ0n) is 15.1. The third kappa shape index (κ3) is 5.08. The number of carbonyl (C=O) groups is 2. The van der Waals surface area contributed by atoms with E-state index in [1.165, 1.54) is 12.7 Å². The molecule has 0 bridgehead atoms. The molecule has 2 aromatic carbocycles. The normalized spacial score (nSPS) is 10.9. The van der Waals surface area contributed by atoms with Crippen LogP contribution in [0.25, 0.3) is 0 Å². The van der Waals surface area contributed by atoms with Crippen molar-refractivity contribution in [2.24, 2.45) is 0 Å². The Balaban J connectivity index is 1.97. The van der Waals surface area contributed by atoms with Crippen molar-refractivity contribution in [3.63, 3.8) is 0 Å². The second-order valence-electron chi connectivity index (χ2n) is 6.77. The van der Waals surface area contributed by atoms with Crippen molar-refractivity contribution in [2.45, 2.75) is 26.2 Å². The van der Waals surface area contributed by atoms with E-state index in [1.54, 1.807) is 24.3 Å². The lowest BCUT2D eigenvalue weighted by Gasteiger charge is -2.19. The van der Waals surface area contributed by atoms with Gasteiger partial charge in [-0.2, -0.15) is 0 Å². The quantitative estimate of drug-likeness (QED) is 0.812. The van der Waals surface area contributed by atoms with Crippen molar-refractivity contribution >= 4 is 23.3 Å². The van der Waals surface area contributed by atoms with Crippen LogP contribution in [0.1, 0.15) is 36.7 Å². The Hall–Kier alpha value is -2.82. The predicted octanol–water partition coefficient (Wildman–Crippen LogP) is 3.82. The first-order valence-electron chi connectivity index (χ1n) is 8.13. The summed E-state index contributed by atoms with van der Waals surface area (Å²) in [6.45, 7) is 6.48. The molecule has 0 aliphatic heterocycles. The zero-order chi connectivity index (χ0) is 18.4. The Bertz CT molecular complexity index is 746. The molecule has 0 spiro atoms. The highest BCUT2D eigenvalue weighted by atomic mass is 16.5. The number of ether oxygens (including phenoxy) is 1. The Morgan fingerprint density at radius 2 is 1.64 bits per heavy atom. The fourth-order valence-electron chi connectivity index (χ4n) is 2.36. The first-order valence-corrected chi connectivity index (χ1v) is 8.13. The van der Waals surface area contributed by atoms with Crippen molar-refractivity contribution in [3.05, 3.63) is 59.7 Å². The molecule has 0 radical (unpaired) electrons. The third-order valence-corrected chi connectivity index (χ3v) is 3.81. The minimum Gasteiger partial charge on any atom is -0.465 e. The van der Waals surface area contributed by atoms with Gasteiger partial charge in [0.05, 0.1) is 19.2 Å². The number of hydrogen-bond acceptors (Lipinski definition) is 4. The van der Waals surface area contributed by atoms with E-state index in [0.717, 1.165) is 5.69 Å². The van der Waals surface area contributed by atoms with Gasteiger partial charge in [0, 0.05) is 11.4 Å². The molecule has 5 heteroatoms. The van der Waals surface area contributed by atoms with Crippen LogP contribution in [0.2, 0.25) is 0 Å². The van der Waals surface area contributed by atoms with Gasteiger partial charge in [0.15, 0.2) is 0 Å². The number of anilines is 2. The third-order valence-electron chi connectivity index (χ3n) is 3.81. The molecule has 1 amide bonds. The molecule has 0 unspecified atom stereocenters. The van der Waals surface area contributed by atoms with Crippen molar-refractivity contribution < 1.29 is 14.3 Å². The Labute approximate surface area is 148 Å². The molecular formula is C20H24N2O3. The predicted molar refractivity (Wildman–Crippen MR) is 100 cm³/mol. The summed E-state index contributed by atoms with van der Waals surface area (Å²) in [5.74, 6) is -0.635. The van der Waals surface area contributed by atoms with E-state index in [9.17, 15) is 9.59 Å². The van der Waals surface area contributed by atoms with E-state index in [4.69, 9.17) is 4.74 Å². The maximum atomic E-state index is 12.1. The zero-order valence-corrected chi connectivity index (χ0v) is 15.1. The second kappa shape index (κ2) is 7.83. The molecule has 132 valence electrons. The van der Waals surface area contributed by atoms with Gasteiger partial charge in [-0.15, -0.1) is 0 Å². The van der Waals surface area contributed by atoms with Gasteiger partial charge in [0.2, 0.25) is 5.91 Å². The number of amides is 1. The molecule has 2 rings (SSSR count). The lowest BCUT2D eigenvalue weighted by molar-refractivity contribution is -0.114. The molecule has 0 saturated carbocycles. The first kappa shape index (κ1) is 18.5. The van der Waals surface area contributed by atoms with E-state index < -0.39 is 5.97 Å².